The minimum Gasteiger partial charge on any atom is -0.497 e. The standard InChI is InChI=1S/C24H25N3O5S/c1-31-21-13-14-23(22(15-21)32-2)33(29,30)27(17-20-11-7-4-8-12-20)18-24(28)26-25-16-19-9-5-3-6-10-19/h3-16H,17-18H2,1-2H3,(H,26,28)/b25-16-. The molecule has 0 aliphatic rings. The van der Waals surface area contributed by atoms with Crippen molar-refractivity contribution in [3.63, 3.8) is 0 Å². The topological polar surface area (TPSA) is 97.3 Å². The quantitative estimate of drug-likeness (QED) is 0.365. The summed E-state index contributed by atoms with van der Waals surface area (Å²) in [7, 11) is -1.25. The second-order valence-electron chi connectivity index (χ2n) is 6.98. The molecule has 172 valence electrons. The Kier molecular flexibility index (Phi) is 8.17. The van der Waals surface area contributed by atoms with E-state index in [2.05, 4.69) is 10.5 Å². The van der Waals surface area contributed by atoms with E-state index < -0.39 is 22.5 Å². The molecule has 3 aromatic rings. The van der Waals surface area contributed by atoms with Gasteiger partial charge in [0.15, 0.2) is 0 Å². The molecular formula is C24H25N3O5S. The van der Waals surface area contributed by atoms with Crippen molar-refractivity contribution < 1.29 is 22.7 Å². The van der Waals surface area contributed by atoms with Gasteiger partial charge in [0.25, 0.3) is 5.91 Å². The molecule has 33 heavy (non-hydrogen) atoms. The summed E-state index contributed by atoms with van der Waals surface area (Å²) >= 11 is 0. The van der Waals surface area contributed by atoms with Gasteiger partial charge in [-0.25, -0.2) is 13.8 Å². The lowest BCUT2D eigenvalue weighted by molar-refractivity contribution is -0.121. The highest BCUT2D eigenvalue weighted by atomic mass is 32.2. The van der Waals surface area contributed by atoms with Crippen molar-refractivity contribution in [3.05, 3.63) is 90.0 Å². The molecule has 0 radical (unpaired) electrons. The van der Waals surface area contributed by atoms with Crippen LogP contribution in [0.25, 0.3) is 0 Å². The van der Waals surface area contributed by atoms with Gasteiger partial charge in [-0.3, -0.25) is 4.79 Å². The molecule has 0 saturated carbocycles. The van der Waals surface area contributed by atoms with Gasteiger partial charge in [-0.05, 0) is 23.3 Å². The number of ether oxygens (including phenoxy) is 2. The van der Waals surface area contributed by atoms with Crippen molar-refractivity contribution in [1.29, 1.82) is 0 Å². The highest BCUT2D eigenvalue weighted by molar-refractivity contribution is 7.89. The lowest BCUT2D eigenvalue weighted by atomic mass is 10.2. The minimum absolute atomic E-state index is 0.00578. The minimum atomic E-state index is -4.10. The van der Waals surface area contributed by atoms with Crippen LogP contribution in [0.2, 0.25) is 0 Å². The van der Waals surface area contributed by atoms with Gasteiger partial charge in [-0.15, -0.1) is 0 Å². The zero-order valence-corrected chi connectivity index (χ0v) is 19.2. The Bertz CT molecular complexity index is 1200. The second kappa shape index (κ2) is 11.3. The first-order valence-electron chi connectivity index (χ1n) is 10.1. The third kappa shape index (κ3) is 6.41. The first-order chi connectivity index (χ1) is 15.9. The van der Waals surface area contributed by atoms with Gasteiger partial charge in [-0.2, -0.15) is 9.41 Å². The number of carbonyl (C=O) groups is 1. The maximum atomic E-state index is 13.5. The molecule has 0 atom stereocenters. The van der Waals surface area contributed by atoms with Crippen molar-refractivity contribution in [3.8, 4) is 11.5 Å². The van der Waals surface area contributed by atoms with E-state index in [1.54, 1.807) is 24.3 Å². The molecule has 0 bridgehead atoms. The fourth-order valence-electron chi connectivity index (χ4n) is 3.05. The van der Waals surface area contributed by atoms with Crippen molar-refractivity contribution in [2.75, 3.05) is 20.8 Å². The van der Waals surface area contributed by atoms with E-state index >= 15 is 0 Å². The Morgan fingerprint density at radius 1 is 0.970 bits per heavy atom. The fraction of sp³-hybridized carbons (Fsp3) is 0.167. The Morgan fingerprint density at radius 2 is 1.64 bits per heavy atom. The van der Waals surface area contributed by atoms with Gasteiger partial charge < -0.3 is 9.47 Å². The van der Waals surface area contributed by atoms with Crippen molar-refractivity contribution >= 4 is 22.1 Å². The van der Waals surface area contributed by atoms with Crippen molar-refractivity contribution in [2.24, 2.45) is 5.10 Å². The molecule has 0 saturated heterocycles. The van der Waals surface area contributed by atoms with Crippen LogP contribution >= 0.6 is 0 Å². The molecule has 9 heteroatoms. The summed E-state index contributed by atoms with van der Waals surface area (Å²) in [5, 5.41) is 3.93. The molecule has 0 fully saturated rings. The number of methoxy groups -OCH3 is 2. The monoisotopic (exact) mass is 467 g/mol. The average Bonchev–Trinajstić information content (AvgIpc) is 2.84. The first-order valence-corrected chi connectivity index (χ1v) is 11.5. The largest absolute Gasteiger partial charge is 0.497 e. The van der Waals surface area contributed by atoms with Gasteiger partial charge in [0.05, 0.1) is 27.0 Å². The summed E-state index contributed by atoms with van der Waals surface area (Å²) in [5.74, 6) is -0.00233. The Hall–Kier alpha value is -3.69. The zero-order valence-electron chi connectivity index (χ0n) is 18.3. The number of hydrazone groups is 1. The third-order valence-electron chi connectivity index (χ3n) is 4.71. The highest BCUT2D eigenvalue weighted by Gasteiger charge is 2.30. The maximum Gasteiger partial charge on any atom is 0.255 e. The summed E-state index contributed by atoms with van der Waals surface area (Å²) in [4.78, 5) is 12.5. The number of rotatable bonds is 10. The zero-order chi connectivity index (χ0) is 23.7. The predicted molar refractivity (Wildman–Crippen MR) is 126 cm³/mol. The number of hydrogen-bond donors (Lipinski definition) is 1. The predicted octanol–water partition coefficient (Wildman–Crippen LogP) is 3.05. The maximum absolute atomic E-state index is 13.5. The lowest BCUT2D eigenvalue weighted by Gasteiger charge is -2.22. The fourth-order valence-corrected chi connectivity index (χ4v) is 4.57. The lowest BCUT2D eigenvalue weighted by Crippen LogP contribution is -2.39. The van der Waals surface area contributed by atoms with Crippen LogP contribution in [0.15, 0.2) is 88.9 Å². The van der Waals surface area contributed by atoms with Gasteiger partial charge in [0, 0.05) is 12.6 Å². The van der Waals surface area contributed by atoms with E-state index in [0.29, 0.717) is 5.75 Å². The Balaban J connectivity index is 1.86. The number of hydrogen-bond acceptors (Lipinski definition) is 6. The second-order valence-corrected chi connectivity index (χ2v) is 8.89. The van der Waals surface area contributed by atoms with Crippen LogP contribution in [0.4, 0.5) is 0 Å². The van der Waals surface area contributed by atoms with Crippen LogP contribution in [-0.2, 0) is 21.4 Å². The third-order valence-corrected chi connectivity index (χ3v) is 6.54. The molecule has 1 N–H and O–H groups in total. The Labute approximate surface area is 193 Å². The summed E-state index contributed by atoms with van der Waals surface area (Å²) < 4.78 is 38.6. The van der Waals surface area contributed by atoms with Crippen molar-refractivity contribution in [1.82, 2.24) is 9.73 Å². The number of amides is 1. The smallest absolute Gasteiger partial charge is 0.255 e. The normalized spacial score (nSPS) is 11.5. The van der Waals surface area contributed by atoms with E-state index in [4.69, 9.17) is 9.47 Å². The first kappa shape index (κ1) is 24.0. The van der Waals surface area contributed by atoms with Crippen LogP contribution in [0, 0.1) is 0 Å². The van der Waals surface area contributed by atoms with E-state index in [0.717, 1.165) is 15.4 Å². The number of nitrogens with zero attached hydrogens (tertiary/aromatic N) is 2. The van der Waals surface area contributed by atoms with Gasteiger partial charge in [-0.1, -0.05) is 60.7 Å². The molecule has 3 aromatic carbocycles. The molecular weight excluding hydrogens is 442 g/mol. The molecule has 0 unspecified atom stereocenters. The molecule has 1 amide bonds. The van der Waals surface area contributed by atoms with E-state index in [-0.39, 0.29) is 17.2 Å². The van der Waals surface area contributed by atoms with E-state index in [9.17, 15) is 13.2 Å². The molecule has 3 rings (SSSR count). The summed E-state index contributed by atoms with van der Waals surface area (Å²) in [6.45, 7) is -0.438. The van der Waals surface area contributed by atoms with Crippen LogP contribution < -0.4 is 14.9 Å². The highest BCUT2D eigenvalue weighted by Crippen LogP contribution is 2.31. The molecule has 0 spiro atoms. The van der Waals surface area contributed by atoms with Crippen LogP contribution in [0.5, 0.6) is 11.5 Å². The Morgan fingerprint density at radius 3 is 2.27 bits per heavy atom. The van der Waals surface area contributed by atoms with Crippen LogP contribution in [-0.4, -0.2) is 45.6 Å². The molecule has 0 heterocycles. The van der Waals surface area contributed by atoms with E-state index in [1.807, 2.05) is 36.4 Å². The molecule has 0 aliphatic heterocycles. The molecule has 0 aliphatic carbocycles. The number of benzene rings is 3. The van der Waals surface area contributed by atoms with Gasteiger partial charge >= 0.3 is 0 Å². The van der Waals surface area contributed by atoms with Crippen LogP contribution in [0.3, 0.4) is 0 Å². The summed E-state index contributed by atoms with van der Waals surface area (Å²) in [6.07, 6.45) is 1.49. The molecule has 0 aromatic heterocycles. The van der Waals surface area contributed by atoms with E-state index in [1.165, 1.54) is 38.6 Å². The molecule has 8 nitrogen and oxygen atoms in total. The summed E-state index contributed by atoms with van der Waals surface area (Å²) in [6, 6.07) is 22.7. The SMILES string of the molecule is COc1ccc(S(=O)(=O)N(CC(=O)N/N=C\c2ccccc2)Cc2ccccc2)c(OC)c1. The van der Waals surface area contributed by atoms with Gasteiger partial charge in [0.2, 0.25) is 10.0 Å². The number of carbonyl (C=O) groups excluding carboxylic acids is 1. The van der Waals surface area contributed by atoms with Gasteiger partial charge in [0.1, 0.15) is 16.4 Å². The number of nitrogens with one attached hydrogen (secondary N) is 1. The summed E-state index contributed by atoms with van der Waals surface area (Å²) in [5.41, 5.74) is 3.92. The van der Waals surface area contributed by atoms with Crippen molar-refractivity contribution in [2.45, 2.75) is 11.4 Å². The average molecular weight is 468 g/mol. The van der Waals surface area contributed by atoms with Crippen LogP contribution in [0.1, 0.15) is 11.1 Å². The number of sulfonamides is 1.